The number of rotatable bonds is 4. The van der Waals surface area contributed by atoms with Crippen molar-refractivity contribution >= 4 is 28.7 Å². The fourth-order valence-electron chi connectivity index (χ4n) is 2.72. The minimum atomic E-state index is -0.519. The maximum absolute atomic E-state index is 12.3. The first-order chi connectivity index (χ1) is 10.9. The Kier molecular flexibility index (Phi) is 4.01. The molecule has 8 nitrogen and oxygen atoms in total. The molecule has 1 amide bonds. The number of imidazole rings is 1. The number of aromatic nitrogens is 4. The lowest BCUT2D eigenvalue weighted by molar-refractivity contribution is -0.121. The van der Waals surface area contributed by atoms with E-state index in [9.17, 15) is 14.4 Å². The molecule has 124 valence electrons. The number of nitrogens with zero attached hydrogens (tertiary/aromatic N) is 4. The number of fused-ring (bicyclic) bond motifs is 1. The Labute approximate surface area is 136 Å². The minimum Gasteiger partial charge on any atom is -0.354 e. The third-order valence-electron chi connectivity index (χ3n) is 4.42. The van der Waals surface area contributed by atoms with Crippen LogP contribution in [0.4, 0.5) is 0 Å². The molecule has 0 spiro atoms. The number of carbonyl (C=O) groups is 1. The van der Waals surface area contributed by atoms with E-state index in [0.29, 0.717) is 12.5 Å². The van der Waals surface area contributed by atoms with E-state index in [4.69, 9.17) is 11.6 Å². The van der Waals surface area contributed by atoms with Gasteiger partial charge in [-0.15, -0.1) is 0 Å². The maximum Gasteiger partial charge on any atom is 0.332 e. The van der Waals surface area contributed by atoms with E-state index < -0.39 is 11.2 Å². The molecule has 0 saturated heterocycles. The summed E-state index contributed by atoms with van der Waals surface area (Å²) in [5.41, 5.74) is -0.680. The Hall–Kier alpha value is -2.09. The number of hydrogen-bond donors (Lipinski definition) is 1. The van der Waals surface area contributed by atoms with Gasteiger partial charge in [-0.3, -0.25) is 23.3 Å². The number of nitrogens with one attached hydrogen (secondary N) is 1. The summed E-state index contributed by atoms with van der Waals surface area (Å²) in [6, 6.07) is 0. The monoisotopic (exact) mass is 339 g/mol. The second kappa shape index (κ2) is 5.84. The van der Waals surface area contributed by atoms with Crippen molar-refractivity contribution in [3.05, 3.63) is 26.1 Å². The average Bonchev–Trinajstić information content (AvgIpc) is 2.78. The van der Waals surface area contributed by atoms with E-state index in [1.54, 1.807) is 0 Å². The summed E-state index contributed by atoms with van der Waals surface area (Å²) in [6.07, 6.45) is 3.48. The first-order valence-corrected chi connectivity index (χ1v) is 7.86. The molecule has 2 aromatic rings. The van der Waals surface area contributed by atoms with E-state index >= 15 is 0 Å². The van der Waals surface area contributed by atoms with Gasteiger partial charge in [-0.2, -0.15) is 4.98 Å². The van der Waals surface area contributed by atoms with E-state index in [-0.39, 0.29) is 28.9 Å². The topological polar surface area (TPSA) is 90.9 Å². The van der Waals surface area contributed by atoms with E-state index in [1.165, 1.54) is 29.7 Å². The number of hydrogen-bond acceptors (Lipinski definition) is 4. The third-order valence-corrected chi connectivity index (χ3v) is 4.70. The van der Waals surface area contributed by atoms with Crippen molar-refractivity contribution in [1.29, 1.82) is 0 Å². The van der Waals surface area contributed by atoms with Crippen molar-refractivity contribution in [2.24, 2.45) is 20.0 Å². The summed E-state index contributed by atoms with van der Waals surface area (Å²) < 4.78 is 3.56. The van der Waals surface area contributed by atoms with Crippen LogP contribution in [-0.4, -0.2) is 31.1 Å². The molecule has 0 aliphatic heterocycles. The van der Waals surface area contributed by atoms with Crippen LogP contribution in [0.25, 0.3) is 11.2 Å². The van der Waals surface area contributed by atoms with Gasteiger partial charge in [0.2, 0.25) is 11.2 Å². The lowest BCUT2D eigenvalue weighted by Gasteiger charge is -2.25. The van der Waals surface area contributed by atoms with Crippen LogP contribution >= 0.6 is 11.6 Å². The number of halogens is 1. The Morgan fingerprint density at radius 3 is 2.61 bits per heavy atom. The van der Waals surface area contributed by atoms with Gasteiger partial charge in [-0.05, 0) is 30.4 Å². The molecule has 0 unspecified atom stereocenters. The molecule has 23 heavy (non-hydrogen) atoms. The molecule has 1 fully saturated rings. The van der Waals surface area contributed by atoms with Crippen molar-refractivity contribution in [2.75, 3.05) is 6.54 Å². The van der Waals surface area contributed by atoms with Crippen LogP contribution in [0.1, 0.15) is 19.3 Å². The van der Waals surface area contributed by atoms with Crippen molar-refractivity contribution in [2.45, 2.75) is 25.8 Å². The van der Waals surface area contributed by atoms with Crippen LogP contribution in [0.15, 0.2) is 9.59 Å². The molecule has 2 aromatic heterocycles. The third kappa shape index (κ3) is 2.67. The fraction of sp³-hybridized carbons (Fsp3) is 0.571. The Morgan fingerprint density at radius 2 is 2.00 bits per heavy atom. The molecule has 0 radical (unpaired) electrons. The second-order valence-electron chi connectivity index (χ2n) is 5.95. The molecule has 9 heteroatoms. The molecule has 1 N–H and O–H groups in total. The van der Waals surface area contributed by atoms with Crippen molar-refractivity contribution in [3.8, 4) is 0 Å². The minimum absolute atomic E-state index is 0.0112. The van der Waals surface area contributed by atoms with Gasteiger partial charge < -0.3 is 5.32 Å². The Morgan fingerprint density at radius 1 is 1.30 bits per heavy atom. The van der Waals surface area contributed by atoms with Gasteiger partial charge in [0.15, 0.2) is 11.2 Å². The predicted octanol–water partition coefficient (Wildman–Crippen LogP) is 0.00340. The van der Waals surface area contributed by atoms with Gasteiger partial charge in [0.1, 0.15) is 6.54 Å². The van der Waals surface area contributed by atoms with Gasteiger partial charge in [0.05, 0.1) is 0 Å². The van der Waals surface area contributed by atoms with Crippen LogP contribution in [0.3, 0.4) is 0 Å². The van der Waals surface area contributed by atoms with E-state index in [1.807, 2.05) is 0 Å². The van der Waals surface area contributed by atoms with Gasteiger partial charge in [0, 0.05) is 20.6 Å². The quantitative estimate of drug-likeness (QED) is 0.794. The molecule has 1 aliphatic carbocycles. The number of carbonyl (C=O) groups excluding carboxylic acids is 1. The summed E-state index contributed by atoms with van der Waals surface area (Å²) in [6.45, 7) is 0.537. The normalized spacial score (nSPS) is 14.9. The van der Waals surface area contributed by atoms with Crippen LogP contribution < -0.4 is 16.6 Å². The molecular formula is C14H18ClN5O3. The smallest absolute Gasteiger partial charge is 0.332 e. The van der Waals surface area contributed by atoms with Crippen molar-refractivity contribution in [1.82, 2.24) is 24.0 Å². The molecule has 1 saturated carbocycles. The van der Waals surface area contributed by atoms with Crippen LogP contribution in [0.5, 0.6) is 0 Å². The van der Waals surface area contributed by atoms with Gasteiger partial charge in [-0.1, -0.05) is 6.42 Å². The summed E-state index contributed by atoms with van der Waals surface area (Å²) in [5, 5.41) is 2.86. The summed E-state index contributed by atoms with van der Waals surface area (Å²) in [4.78, 5) is 40.4. The largest absolute Gasteiger partial charge is 0.354 e. The summed E-state index contributed by atoms with van der Waals surface area (Å²) >= 11 is 6.07. The van der Waals surface area contributed by atoms with Gasteiger partial charge >= 0.3 is 5.69 Å². The molecule has 0 atom stereocenters. The molecular weight excluding hydrogens is 322 g/mol. The molecule has 2 heterocycles. The zero-order chi connectivity index (χ0) is 16.7. The summed E-state index contributed by atoms with van der Waals surface area (Å²) in [7, 11) is 2.89. The Bertz CT molecular complexity index is 890. The lowest BCUT2D eigenvalue weighted by Crippen LogP contribution is -2.38. The highest BCUT2D eigenvalue weighted by Crippen LogP contribution is 2.25. The molecule has 0 aromatic carbocycles. The van der Waals surface area contributed by atoms with E-state index in [0.717, 1.165) is 17.4 Å². The average molecular weight is 340 g/mol. The van der Waals surface area contributed by atoms with Crippen LogP contribution in [0, 0.1) is 5.92 Å². The van der Waals surface area contributed by atoms with E-state index in [2.05, 4.69) is 10.3 Å². The highest BCUT2D eigenvalue weighted by atomic mass is 35.5. The first kappa shape index (κ1) is 15.8. The fourth-order valence-corrected chi connectivity index (χ4v) is 2.94. The highest BCUT2D eigenvalue weighted by Gasteiger charge is 2.21. The first-order valence-electron chi connectivity index (χ1n) is 7.48. The van der Waals surface area contributed by atoms with Crippen LogP contribution in [0.2, 0.25) is 5.28 Å². The summed E-state index contributed by atoms with van der Waals surface area (Å²) in [5.74, 6) is 0.316. The predicted molar refractivity (Wildman–Crippen MR) is 85.6 cm³/mol. The highest BCUT2D eigenvalue weighted by molar-refractivity contribution is 6.29. The van der Waals surface area contributed by atoms with Crippen molar-refractivity contribution in [3.63, 3.8) is 0 Å². The van der Waals surface area contributed by atoms with Gasteiger partial charge in [0.25, 0.3) is 5.56 Å². The van der Waals surface area contributed by atoms with Crippen LogP contribution in [-0.2, 0) is 25.4 Å². The maximum atomic E-state index is 12.3. The molecule has 3 rings (SSSR count). The SMILES string of the molecule is Cn1c(=O)c2c(nc(Cl)n2CC(=O)NCC2CCC2)n(C)c1=O. The Balaban J connectivity index is 1.94. The molecule has 1 aliphatic rings. The second-order valence-corrected chi connectivity index (χ2v) is 6.28. The van der Waals surface area contributed by atoms with Gasteiger partial charge in [-0.25, -0.2) is 4.79 Å². The lowest BCUT2D eigenvalue weighted by atomic mass is 9.85. The molecule has 0 bridgehead atoms. The zero-order valence-corrected chi connectivity index (χ0v) is 13.8. The zero-order valence-electron chi connectivity index (χ0n) is 13.0. The van der Waals surface area contributed by atoms with Crippen molar-refractivity contribution < 1.29 is 4.79 Å². The standard InChI is InChI=1S/C14H18ClN5O3/c1-18-11-10(12(22)19(2)14(18)23)20(13(15)17-11)7-9(21)16-6-8-4-3-5-8/h8H,3-7H2,1-2H3,(H,16,21). The number of aryl methyl sites for hydroxylation is 1. The number of amides is 1.